The fraction of sp³-hybridized carbons (Fsp3) is 0.636. The van der Waals surface area contributed by atoms with E-state index in [2.05, 4.69) is 34.7 Å². The minimum atomic E-state index is -0.300. The number of nitrogens with zero attached hydrogens (tertiary/aromatic N) is 2. The van der Waals surface area contributed by atoms with Gasteiger partial charge < -0.3 is 20.3 Å². The second-order valence-corrected chi connectivity index (χ2v) is 8.10. The van der Waals surface area contributed by atoms with E-state index in [0.29, 0.717) is 25.7 Å². The molecule has 29 heavy (non-hydrogen) atoms. The molecule has 7 heteroatoms. The molecule has 0 spiro atoms. The smallest absolute Gasteiger partial charge is 0.230 e. The molecule has 1 aliphatic rings. The predicted molar refractivity (Wildman–Crippen MR) is 130 cm³/mol. The van der Waals surface area contributed by atoms with Gasteiger partial charge in [0.2, 0.25) is 5.91 Å². The number of ether oxygens (including phenoxy) is 1. The molecule has 0 aromatic heterocycles. The molecule has 6 nitrogen and oxygen atoms in total. The van der Waals surface area contributed by atoms with Crippen molar-refractivity contribution in [3.63, 3.8) is 0 Å². The van der Waals surface area contributed by atoms with Gasteiger partial charge in [-0.3, -0.25) is 9.79 Å². The van der Waals surface area contributed by atoms with Gasteiger partial charge >= 0.3 is 0 Å². The van der Waals surface area contributed by atoms with E-state index < -0.39 is 0 Å². The quantitative estimate of drug-likeness (QED) is 0.301. The number of benzene rings is 1. The van der Waals surface area contributed by atoms with Gasteiger partial charge in [0.25, 0.3) is 0 Å². The fourth-order valence-corrected chi connectivity index (χ4v) is 3.75. The van der Waals surface area contributed by atoms with Crippen molar-refractivity contribution in [3.8, 4) is 0 Å². The van der Waals surface area contributed by atoms with Gasteiger partial charge in [-0.25, -0.2) is 0 Å². The van der Waals surface area contributed by atoms with Gasteiger partial charge in [-0.15, -0.1) is 24.0 Å². The molecule has 1 aromatic rings. The van der Waals surface area contributed by atoms with Gasteiger partial charge in [-0.05, 0) is 24.3 Å². The minimum Gasteiger partial charge on any atom is -0.376 e. The maximum absolute atomic E-state index is 12.7. The van der Waals surface area contributed by atoms with Crippen LogP contribution in [0.2, 0.25) is 0 Å². The van der Waals surface area contributed by atoms with Crippen LogP contribution in [0.3, 0.4) is 0 Å². The molecule has 1 amide bonds. The first kappa shape index (κ1) is 25.7. The summed E-state index contributed by atoms with van der Waals surface area (Å²) in [6.45, 7) is 4.86. The number of hydrogen-bond acceptors (Lipinski definition) is 3. The fourth-order valence-electron chi connectivity index (χ4n) is 3.75. The summed E-state index contributed by atoms with van der Waals surface area (Å²) in [4.78, 5) is 18.7. The summed E-state index contributed by atoms with van der Waals surface area (Å²) in [6, 6.07) is 10.2. The van der Waals surface area contributed by atoms with Crippen molar-refractivity contribution in [2.45, 2.75) is 39.2 Å². The highest BCUT2D eigenvalue weighted by molar-refractivity contribution is 14.0. The van der Waals surface area contributed by atoms with Crippen LogP contribution in [0, 0.1) is 11.3 Å². The van der Waals surface area contributed by atoms with Crippen LogP contribution >= 0.6 is 24.0 Å². The first-order valence-corrected chi connectivity index (χ1v) is 10.2. The molecule has 1 aliphatic carbocycles. The second-order valence-electron chi connectivity index (χ2n) is 8.10. The van der Waals surface area contributed by atoms with Crippen molar-refractivity contribution < 1.29 is 9.53 Å². The van der Waals surface area contributed by atoms with Crippen LogP contribution in [0.1, 0.15) is 38.2 Å². The van der Waals surface area contributed by atoms with E-state index in [9.17, 15) is 4.79 Å². The molecule has 1 aromatic carbocycles. The molecule has 1 fully saturated rings. The van der Waals surface area contributed by atoms with Gasteiger partial charge in [0.1, 0.15) is 0 Å². The molecule has 1 unspecified atom stereocenters. The molecule has 2 rings (SSSR count). The van der Waals surface area contributed by atoms with E-state index in [0.717, 1.165) is 38.2 Å². The van der Waals surface area contributed by atoms with Crippen molar-refractivity contribution in [1.82, 2.24) is 15.5 Å². The van der Waals surface area contributed by atoms with Gasteiger partial charge in [-0.2, -0.15) is 0 Å². The maximum atomic E-state index is 12.7. The summed E-state index contributed by atoms with van der Waals surface area (Å²) in [5, 5.41) is 6.74. The Bertz CT molecular complexity index is 631. The van der Waals surface area contributed by atoms with Crippen LogP contribution in [0.15, 0.2) is 35.3 Å². The molecule has 0 aliphatic heterocycles. The van der Waals surface area contributed by atoms with E-state index in [1.165, 1.54) is 5.56 Å². The maximum Gasteiger partial charge on any atom is 0.230 e. The van der Waals surface area contributed by atoms with Crippen molar-refractivity contribution in [2.75, 3.05) is 40.8 Å². The van der Waals surface area contributed by atoms with Crippen LogP contribution in [-0.4, -0.2) is 57.6 Å². The molecule has 0 saturated heterocycles. The van der Waals surface area contributed by atoms with Crippen LogP contribution in [0.25, 0.3) is 0 Å². The second kappa shape index (κ2) is 13.1. The normalized spacial score (nSPS) is 16.6. The van der Waals surface area contributed by atoms with E-state index in [4.69, 9.17) is 4.74 Å². The number of carbonyl (C=O) groups excluding carboxylic acids is 1. The summed E-state index contributed by atoms with van der Waals surface area (Å²) in [5.74, 6) is 1.31. The SMILES string of the molecule is CN=C(NCC(C)COCc1ccccc1)NCC1(C(=O)N(C)C)CCCC1.I. The third-order valence-electron chi connectivity index (χ3n) is 5.37. The number of nitrogens with one attached hydrogen (secondary N) is 2. The third-order valence-corrected chi connectivity index (χ3v) is 5.37. The topological polar surface area (TPSA) is 66.0 Å². The molecule has 164 valence electrons. The summed E-state index contributed by atoms with van der Waals surface area (Å²) in [6.07, 6.45) is 4.11. The van der Waals surface area contributed by atoms with E-state index in [1.807, 2.05) is 32.3 Å². The highest BCUT2D eigenvalue weighted by atomic mass is 127. The summed E-state index contributed by atoms with van der Waals surface area (Å²) < 4.78 is 5.81. The molecule has 1 atom stereocenters. The Morgan fingerprint density at radius 1 is 1.21 bits per heavy atom. The highest BCUT2D eigenvalue weighted by Crippen LogP contribution is 2.38. The minimum absolute atomic E-state index is 0. The average molecular weight is 516 g/mol. The van der Waals surface area contributed by atoms with Gasteiger partial charge in [-0.1, -0.05) is 50.1 Å². The zero-order valence-electron chi connectivity index (χ0n) is 18.2. The number of halogens is 1. The number of hydrogen-bond donors (Lipinski definition) is 2. The zero-order chi connectivity index (χ0) is 20.4. The van der Waals surface area contributed by atoms with Crippen molar-refractivity contribution in [2.24, 2.45) is 16.3 Å². The van der Waals surface area contributed by atoms with Gasteiger partial charge in [0.05, 0.1) is 18.6 Å². The number of aliphatic imine (C=N–C) groups is 1. The number of guanidine groups is 1. The van der Waals surface area contributed by atoms with E-state index in [-0.39, 0.29) is 35.3 Å². The molecule has 2 N–H and O–H groups in total. The number of rotatable bonds is 9. The number of amides is 1. The standard InChI is InChI=1S/C22H36N4O2.HI/c1-18(15-28-16-19-10-6-5-7-11-19)14-24-21(23-2)25-17-22(12-8-9-13-22)20(27)26(3)4;/h5-7,10-11,18H,8-9,12-17H2,1-4H3,(H2,23,24,25);1H. The van der Waals surface area contributed by atoms with Crippen LogP contribution in [0.4, 0.5) is 0 Å². The molecular weight excluding hydrogens is 479 g/mol. The Labute approximate surface area is 192 Å². The first-order chi connectivity index (χ1) is 13.5. The predicted octanol–water partition coefficient (Wildman–Crippen LogP) is 3.27. The Kier molecular flexibility index (Phi) is 11.6. The summed E-state index contributed by atoms with van der Waals surface area (Å²) in [5.41, 5.74) is 0.887. The van der Waals surface area contributed by atoms with Crippen molar-refractivity contribution >= 4 is 35.8 Å². The Balaban J connectivity index is 0.00000420. The summed E-state index contributed by atoms with van der Waals surface area (Å²) >= 11 is 0. The van der Waals surface area contributed by atoms with Gasteiger partial charge in [0.15, 0.2) is 5.96 Å². The van der Waals surface area contributed by atoms with Crippen LogP contribution in [0.5, 0.6) is 0 Å². The highest BCUT2D eigenvalue weighted by Gasteiger charge is 2.42. The molecule has 1 saturated carbocycles. The average Bonchev–Trinajstić information content (AvgIpc) is 3.18. The van der Waals surface area contributed by atoms with Crippen molar-refractivity contribution in [1.29, 1.82) is 0 Å². The third kappa shape index (κ3) is 8.12. The number of carbonyl (C=O) groups is 1. The monoisotopic (exact) mass is 516 g/mol. The Morgan fingerprint density at radius 3 is 2.45 bits per heavy atom. The molecular formula is C22H37IN4O2. The molecule has 0 radical (unpaired) electrons. The van der Waals surface area contributed by atoms with Gasteiger partial charge in [0, 0.05) is 34.2 Å². The lowest BCUT2D eigenvalue weighted by molar-refractivity contribution is -0.138. The Morgan fingerprint density at radius 2 is 1.86 bits per heavy atom. The lowest BCUT2D eigenvalue weighted by Crippen LogP contribution is -2.49. The zero-order valence-corrected chi connectivity index (χ0v) is 20.6. The molecule has 0 heterocycles. The lowest BCUT2D eigenvalue weighted by Gasteiger charge is -2.31. The first-order valence-electron chi connectivity index (χ1n) is 10.2. The van der Waals surface area contributed by atoms with Crippen molar-refractivity contribution in [3.05, 3.63) is 35.9 Å². The largest absolute Gasteiger partial charge is 0.376 e. The lowest BCUT2D eigenvalue weighted by atomic mass is 9.84. The van der Waals surface area contributed by atoms with Crippen LogP contribution in [-0.2, 0) is 16.1 Å². The molecule has 0 bridgehead atoms. The Hall–Kier alpha value is -1.35. The van der Waals surface area contributed by atoms with E-state index in [1.54, 1.807) is 11.9 Å². The van der Waals surface area contributed by atoms with E-state index >= 15 is 0 Å². The van der Waals surface area contributed by atoms with Crippen LogP contribution < -0.4 is 10.6 Å². The summed E-state index contributed by atoms with van der Waals surface area (Å²) in [7, 11) is 5.44.